The van der Waals surface area contributed by atoms with Crippen molar-refractivity contribution in [2.75, 3.05) is 5.32 Å². The molecule has 0 aliphatic heterocycles. The first-order valence-corrected chi connectivity index (χ1v) is 5.50. The van der Waals surface area contributed by atoms with Gasteiger partial charge in [0, 0.05) is 16.8 Å². The van der Waals surface area contributed by atoms with Gasteiger partial charge in [-0.2, -0.15) is 5.26 Å². The second kappa shape index (κ2) is 5.30. The van der Waals surface area contributed by atoms with Crippen LogP contribution in [0.1, 0.15) is 15.9 Å². The molecule has 0 spiro atoms. The summed E-state index contributed by atoms with van der Waals surface area (Å²) < 4.78 is 0. The summed E-state index contributed by atoms with van der Waals surface area (Å²) in [5, 5.41) is 11.8. The first kappa shape index (κ1) is 12.1. The second-order valence-corrected chi connectivity index (χ2v) is 3.94. The van der Waals surface area contributed by atoms with Crippen molar-refractivity contribution in [1.82, 2.24) is 4.98 Å². The molecule has 0 bridgehead atoms. The Hall–Kier alpha value is -2.38. The number of nitrogens with zero attached hydrogens (tertiary/aromatic N) is 2. The third-order valence-electron chi connectivity index (χ3n) is 2.24. The minimum atomic E-state index is -0.274. The first-order chi connectivity index (χ1) is 8.69. The van der Waals surface area contributed by atoms with Gasteiger partial charge in [0.2, 0.25) is 0 Å². The van der Waals surface area contributed by atoms with E-state index >= 15 is 0 Å². The Balaban J connectivity index is 2.11. The molecule has 0 fully saturated rings. The van der Waals surface area contributed by atoms with Gasteiger partial charge < -0.3 is 5.32 Å². The summed E-state index contributed by atoms with van der Waals surface area (Å²) >= 11 is 5.74. The number of anilines is 1. The van der Waals surface area contributed by atoms with Crippen LogP contribution in [-0.2, 0) is 0 Å². The van der Waals surface area contributed by atoms with Gasteiger partial charge >= 0.3 is 0 Å². The van der Waals surface area contributed by atoms with E-state index in [9.17, 15) is 4.79 Å². The van der Waals surface area contributed by atoms with Gasteiger partial charge in [-0.25, -0.2) is 4.98 Å². The summed E-state index contributed by atoms with van der Waals surface area (Å²) in [5.41, 5.74) is 0.935. The molecule has 0 aliphatic carbocycles. The number of carbonyl (C=O) groups is 1. The van der Waals surface area contributed by atoms with Crippen LogP contribution in [0.2, 0.25) is 5.02 Å². The van der Waals surface area contributed by atoms with Gasteiger partial charge in [0.1, 0.15) is 11.9 Å². The summed E-state index contributed by atoms with van der Waals surface area (Å²) in [7, 11) is 0. The molecule has 1 amide bonds. The lowest BCUT2D eigenvalue weighted by Gasteiger charge is -2.04. The number of amides is 1. The molecule has 2 aromatic rings. The monoisotopic (exact) mass is 257 g/mol. The number of halogens is 1. The molecule has 1 heterocycles. The number of pyridine rings is 1. The minimum absolute atomic E-state index is 0.274. The Kier molecular flexibility index (Phi) is 3.56. The van der Waals surface area contributed by atoms with Gasteiger partial charge in [-0.3, -0.25) is 4.79 Å². The summed E-state index contributed by atoms with van der Waals surface area (Å²) in [6.07, 6.45) is 1.40. The van der Waals surface area contributed by atoms with Crippen LogP contribution in [0.25, 0.3) is 0 Å². The quantitative estimate of drug-likeness (QED) is 0.900. The lowest BCUT2D eigenvalue weighted by atomic mass is 10.2. The summed E-state index contributed by atoms with van der Waals surface area (Å²) in [5.74, 6) is 0.123. The van der Waals surface area contributed by atoms with Gasteiger partial charge in [0.25, 0.3) is 5.91 Å². The molecule has 0 radical (unpaired) electrons. The van der Waals surface area contributed by atoms with Crippen molar-refractivity contribution in [3.05, 3.63) is 58.7 Å². The predicted molar refractivity (Wildman–Crippen MR) is 68.4 cm³/mol. The Morgan fingerprint density at radius 1 is 1.22 bits per heavy atom. The van der Waals surface area contributed by atoms with Crippen LogP contribution in [0, 0.1) is 11.3 Å². The van der Waals surface area contributed by atoms with E-state index in [1.165, 1.54) is 6.20 Å². The van der Waals surface area contributed by atoms with Crippen LogP contribution in [0.4, 0.5) is 5.82 Å². The number of nitrogens with one attached hydrogen (secondary N) is 1. The topological polar surface area (TPSA) is 65.8 Å². The predicted octanol–water partition coefficient (Wildman–Crippen LogP) is 2.86. The van der Waals surface area contributed by atoms with Crippen LogP contribution < -0.4 is 5.32 Å². The number of benzene rings is 1. The average molecular weight is 258 g/mol. The molecule has 0 aliphatic rings. The molecule has 1 aromatic carbocycles. The number of nitriles is 1. The molecule has 1 N–H and O–H groups in total. The lowest BCUT2D eigenvalue weighted by molar-refractivity contribution is 0.102. The third-order valence-corrected chi connectivity index (χ3v) is 2.49. The molecule has 5 heteroatoms. The standard InChI is InChI=1S/C13H8ClN3O/c14-11-4-2-10(3-5-11)13(18)17-12-6-1-9(7-15)8-16-12/h1-6,8H,(H,16,17,18). The van der Waals surface area contributed by atoms with Crippen LogP contribution in [0.5, 0.6) is 0 Å². The molecule has 0 saturated carbocycles. The van der Waals surface area contributed by atoms with Crippen molar-refractivity contribution in [3.8, 4) is 6.07 Å². The molecule has 0 unspecified atom stereocenters. The van der Waals surface area contributed by atoms with Crippen molar-refractivity contribution < 1.29 is 4.79 Å². The summed E-state index contributed by atoms with van der Waals surface area (Å²) in [6.45, 7) is 0. The second-order valence-electron chi connectivity index (χ2n) is 3.50. The smallest absolute Gasteiger partial charge is 0.256 e. The number of rotatable bonds is 2. The Labute approximate surface area is 109 Å². The molecule has 1 aromatic heterocycles. The fourth-order valence-electron chi connectivity index (χ4n) is 1.32. The van der Waals surface area contributed by atoms with Crippen molar-refractivity contribution >= 4 is 23.3 Å². The van der Waals surface area contributed by atoms with E-state index in [4.69, 9.17) is 16.9 Å². The van der Waals surface area contributed by atoms with Gasteiger partial charge in [-0.05, 0) is 36.4 Å². The van der Waals surface area contributed by atoms with Crippen molar-refractivity contribution in [3.63, 3.8) is 0 Å². The number of aromatic nitrogens is 1. The molecule has 88 valence electrons. The molecule has 2 rings (SSSR count). The molecule has 0 saturated heterocycles. The highest BCUT2D eigenvalue weighted by Crippen LogP contribution is 2.11. The molecular formula is C13H8ClN3O. The van der Waals surface area contributed by atoms with Crippen LogP contribution in [-0.4, -0.2) is 10.9 Å². The van der Waals surface area contributed by atoms with E-state index in [0.29, 0.717) is 22.0 Å². The van der Waals surface area contributed by atoms with Gasteiger partial charge in [0.15, 0.2) is 0 Å². The Morgan fingerprint density at radius 2 is 1.94 bits per heavy atom. The van der Waals surface area contributed by atoms with Crippen molar-refractivity contribution in [2.45, 2.75) is 0 Å². The first-order valence-electron chi connectivity index (χ1n) is 5.12. The zero-order valence-electron chi connectivity index (χ0n) is 9.22. The van der Waals surface area contributed by atoms with E-state index in [0.717, 1.165) is 0 Å². The summed E-state index contributed by atoms with van der Waals surface area (Å²) in [4.78, 5) is 15.8. The molecular weight excluding hydrogens is 250 g/mol. The van der Waals surface area contributed by atoms with E-state index in [-0.39, 0.29) is 5.91 Å². The van der Waals surface area contributed by atoms with Gasteiger partial charge in [-0.1, -0.05) is 11.6 Å². The highest BCUT2D eigenvalue weighted by molar-refractivity contribution is 6.30. The minimum Gasteiger partial charge on any atom is -0.307 e. The Morgan fingerprint density at radius 3 is 2.50 bits per heavy atom. The van der Waals surface area contributed by atoms with Crippen molar-refractivity contribution in [2.24, 2.45) is 0 Å². The van der Waals surface area contributed by atoms with E-state index < -0.39 is 0 Å². The van der Waals surface area contributed by atoms with Crippen LogP contribution >= 0.6 is 11.6 Å². The fraction of sp³-hybridized carbons (Fsp3) is 0. The normalized spacial score (nSPS) is 9.56. The lowest BCUT2D eigenvalue weighted by Crippen LogP contribution is -2.12. The fourth-order valence-corrected chi connectivity index (χ4v) is 1.45. The molecule has 4 nitrogen and oxygen atoms in total. The average Bonchev–Trinajstić information content (AvgIpc) is 2.40. The largest absolute Gasteiger partial charge is 0.307 e. The summed E-state index contributed by atoms with van der Waals surface area (Å²) in [6, 6.07) is 11.7. The zero-order chi connectivity index (χ0) is 13.0. The number of carbonyl (C=O) groups excluding carboxylic acids is 1. The van der Waals surface area contributed by atoms with Crippen molar-refractivity contribution in [1.29, 1.82) is 5.26 Å². The van der Waals surface area contributed by atoms with Crippen LogP contribution in [0.15, 0.2) is 42.6 Å². The van der Waals surface area contributed by atoms with Gasteiger partial charge in [0.05, 0.1) is 5.56 Å². The maximum Gasteiger partial charge on any atom is 0.256 e. The number of hydrogen-bond acceptors (Lipinski definition) is 3. The van der Waals surface area contributed by atoms with E-state index in [1.807, 2.05) is 6.07 Å². The number of hydrogen-bond donors (Lipinski definition) is 1. The highest BCUT2D eigenvalue weighted by Gasteiger charge is 2.06. The van der Waals surface area contributed by atoms with E-state index in [2.05, 4.69) is 10.3 Å². The van der Waals surface area contributed by atoms with E-state index in [1.54, 1.807) is 36.4 Å². The highest BCUT2D eigenvalue weighted by atomic mass is 35.5. The SMILES string of the molecule is N#Cc1ccc(NC(=O)c2ccc(Cl)cc2)nc1. The zero-order valence-corrected chi connectivity index (χ0v) is 9.98. The third kappa shape index (κ3) is 2.84. The molecule has 0 atom stereocenters. The Bertz CT molecular complexity index is 600. The van der Waals surface area contributed by atoms with Crippen LogP contribution in [0.3, 0.4) is 0 Å². The van der Waals surface area contributed by atoms with Gasteiger partial charge in [-0.15, -0.1) is 0 Å². The maximum absolute atomic E-state index is 11.8. The molecule has 18 heavy (non-hydrogen) atoms. The maximum atomic E-state index is 11.8.